The molecule has 3 aliphatic rings. The lowest BCUT2D eigenvalue weighted by Crippen LogP contribution is -2.27. The molecule has 2 aromatic heterocycles. The number of aryl methyl sites for hydroxylation is 2. The summed E-state index contributed by atoms with van der Waals surface area (Å²) in [5, 5.41) is 49.5. The first-order chi connectivity index (χ1) is 36.8. The van der Waals surface area contributed by atoms with Crippen LogP contribution in [0.2, 0.25) is 0 Å². The number of phenolic OH excluding ortho intramolecular Hbond substituents is 2. The minimum Gasteiger partial charge on any atom is -0.507 e. The van der Waals surface area contributed by atoms with Crippen LogP contribution >= 0.6 is 0 Å². The van der Waals surface area contributed by atoms with Crippen LogP contribution in [0.3, 0.4) is 0 Å². The standard InChI is InChI=1S/C64H78N8O6/c1-61(2,3)49-27-41-23-45-31-51(63(7,8)9)33-47-25-43-29-50(62(4,5)6)30-44(56(43)74)26-48-34-52(64(10,11)12)32-46(24-42(28-49)55(41)73)58(48)78-38-54-36-72(70-68-54)21-15-19-66-60(76)40-17-13-16-39(22-40)59(75)65-18-14-20-71-35-53(67-69-71)37-77-57(45)47/h13,16-17,22,27-36,73-74H,14-15,18-21,23-26,37-38H2,1-12H3,(H,65,75)(H,66,76). The molecule has 5 aromatic carbocycles. The number of benzene rings is 5. The van der Waals surface area contributed by atoms with Crippen molar-refractivity contribution in [2.45, 2.75) is 170 Å². The van der Waals surface area contributed by atoms with Crippen LogP contribution in [0.25, 0.3) is 0 Å². The molecule has 78 heavy (non-hydrogen) atoms. The number of rotatable bonds is 0. The summed E-state index contributed by atoms with van der Waals surface area (Å²) in [5.74, 6) is 1.21. The third kappa shape index (κ3) is 12.8. The van der Waals surface area contributed by atoms with E-state index >= 15 is 0 Å². The molecular weight excluding hydrogens is 977 g/mol. The molecule has 2 amide bonds. The highest BCUT2D eigenvalue weighted by molar-refractivity contribution is 5.99. The molecule has 0 unspecified atom stereocenters. The monoisotopic (exact) mass is 1050 g/mol. The fourth-order valence-electron chi connectivity index (χ4n) is 10.2. The average Bonchev–Trinajstić information content (AvgIpc) is 4.04. The second-order valence-corrected chi connectivity index (χ2v) is 25.6. The molecule has 4 heterocycles. The zero-order chi connectivity index (χ0) is 55.9. The quantitative estimate of drug-likeness (QED) is 0.114. The predicted molar refractivity (Wildman–Crippen MR) is 304 cm³/mol. The Balaban J connectivity index is 1.23. The molecular formula is C64H78N8O6. The Labute approximate surface area is 460 Å². The van der Waals surface area contributed by atoms with Crippen molar-refractivity contribution in [2.24, 2.45) is 0 Å². The Morgan fingerprint density at radius 2 is 0.769 bits per heavy atom. The van der Waals surface area contributed by atoms with Crippen LogP contribution in [0.5, 0.6) is 23.0 Å². The van der Waals surface area contributed by atoms with Crippen molar-refractivity contribution in [3.05, 3.63) is 174 Å². The Morgan fingerprint density at radius 1 is 0.462 bits per heavy atom. The predicted octanol–water partition coefficient (Wildman–Crippen LogP) is 11.3. The molecule has 4 N–H and O–H groups in total. The fraction of sp³-hybridized carbons (Fsp3) is 0.438. The first-order valence-electron chi connectivity index (χ1n) is 27.5. The number of carbonyl (C=O) groups excluding carboxylic acids is 2. The number of hydrogen-bond acceptors (Lipinski definition) is 10. The van der Waals surface area contributed by atoms with Crippen molar-refractivity contribution in [3.8, 4) is 23.0 Å². The number of carbonyl (C=O) groups is 2. The third-order valence-electron chi connectivity index (χ3n) is 15.0. The lowest BCUT2D eigenvalue weighted by Gasteiger charge is -2.28. The van der Waals surface area contributed by atoms with Crippen LogP contribution in [0.1, 0.15) is 195 Å². The van der Waals surface area contributed by atoms with Gasteiger partial charge in [-0.3, -0.25) is 19.0 Å². The largest absolute Gasteiger partial charge is 0.507 e. The van der Waals surface area contributed by atoms with Gasteiger partial charge in [0.25, 0.3) is 11.8 Å². The highest BCUT2D eigenvalue weighted by atomic mass is 16.5. The van der Waals surface area contributed by atoms with Crippen molar-refractivity contribution in [2.75, 3.05) is 13.1 Å². The van der Waals surface area contributed by atoms with E-state index in [1.54, 1.807) is 33.6 Å². The van der Waals surface area contributed by atoms with Crippen molar-refractivity contribution in [1.29, 1.82) is 0 Å². The molecule has 10 rings (SSSR count). The van der Waals surface area contributed by atoms with E-state index in [9.17, 15) is 19.8 Å². The van der Waals surface area contributed by atoms with E-state index in [1.807, 2.05) is 12.4 Å². The normalized spacial score (nSPS) is 15.4. The number of ether oxygens (including phenoxy) is 2. The van der Waals surface area contributed by atoms with Crippen molar-refractivity contribution in [1.82, 2.24) is 40.6 Å². The molecule has 2 aliphatic heterocycles. The van der Waals surface area contributed by atoms with Crippen molar-refractivity contribution in [3.63, 3.8) is 0 Å². The number of nitrogens with one attached hydrogen (secondary N) is 2. The van der Waals surface area contributed by atoms with Crippen molar-refractivity contribution >= 4 is 11.8 Å². The highest BCUT2D eigenvalue weighted by Crippen LogP contribution is 2.44. The van der Waals surface area contributed by atoms with Gasteiger partial charge in [-0.05, 0) is 119 Å². The molecule has 16 bridgehead atoms. The first-order valence-corrected chi connectivity index (χ1v) is 27.5. The summed E-state index contributed by atoms with van der Waals surface area (Å²) in [7, 11) is 0. The van der Waals surface area contributed by atoms with Gasteiger partial charge >= 0.3 is 0 Å². The zero-order valence-electron chi connectivity index (χ0n) is 47.8. The summed E-state index contributed by atoms with van der Waals surface area (Å²) in [5.41, 5.74) is 12.0. The van der Waals surface area contributed by atoms with E-state index in [4.69, 9.17) is 9.47 Å². The van der Waals surface area contributed by atoms with E-state index in [2.05, 4.69) is 163 Å². The fourth-order valence-corrected chi connectivity index (χ4v) is 10.2. The summed E-state index contributed by atoms with van der Waals surface area (Å²) < 4.78 is 17.5. The molecule has 0 saturated carbocycles. The minimum absolute atomic E-state index is 0.109. The number of aromatic hydroxyl groups is 2. The molecule has 0 radical (unpaired) electrons. The van der Waals surface area contributed by atoms with Gasteiger partial charge in [0, 0.05) is 63.0 Å². The summed E-state index contributed by atoms with van der Waals surface area (Å²) in [6.45, 7) is 28.4. The average molecular weight is 1060 g/mol. The number of aromatic nitrogens is 6. The molecule has 0 spiro atoms. The topological polar surface area (TPSA) is 179 Å². The second-order valence-electron chi connectivity index (χ2n) is 25.6. The molecule has 0 saturated heterocycles. The van der Waals surface area contributed by atoms with E-state index in [0.29, 0.717) is 98.7 Å². The van der Waals surface area contributed by atoms with Gasteiger partial charge in [0.15, 0.2) is 0 Å². The Kier molecular flexibility index (Phi) is 15.4. The van der Waals surface area contributed by atoms with Crippen LogP contribution in [-0.2, 0) is 73.6 Å². The third-order valence-corrected chi connectivity index (χ3v) is 15.0. The van der Waals surface area contributed by atoms with E-state index in [1.165, 1.54) is 0 Å². The smallest absolute Gasteiger partial charge is 0.251 e. The first kappa shape index (κ1) is 55.3. The van der Waals surface area contributed by atoms with Gasteiger partial charge in [0.1, 0.15) is 47.6 Å². The molecule has 7 aromatic rings. The summed E-state index contributed by atoms with van der Waals surface area (Å²) in [4.78, 5) is 26.5. The number of amides is 2. The lowest BCUT2D eigenvalue weighted by molar-refractivity contribution is 0.0952. The van der Waals surface area contributed by atoms with Crippen LogP contribution in [-0.4, -0.2) is 65.1 Å². The van der Waals surface area contributed by atoms with Crippen molar-refractivity contribution < 1.29 is 29.3 Å². The Hall–Kier alpha value is -7.48. The van der Waals surface area contributed by atoms with Gasteiger partial charge in [-0.15, -0.1) is 10.2 Å². The molecule has 1 aliphatic carbocycles. The number of hydrogen-bond donors (Lipinski definition) is 4. The summed E-state index contributed by atoms with van der Waals surface area (Å²) in [6, 6.07) is 24.1. The molecule has 14 nitrogen and oxygen atoms in total. The number of phenols is 2. The number of nitrogens with zero attached hydrogens (tertiary/aromatic N) is 6. The van der Waals surface area contributed by atoms with E-state index in [-0.39, 0.29) is 58.2 Å². The van der Waals surface area contributed by atoms with Gasteiger partial charge in [-0.2, -0.15) is 0 Å². The van der Waals surface area contributed by atoms with Crippen LogP contribution in [0.15, 0.2) is 85.2 Å². The molecule has 0 fully saturated rings. The number of fused-ring (bicyclic) bond motifs is 10. The maximum atomic E-state index is 13.3. The van der Waals surface area contributed by atoms with Gasteiger partial charge in [-0.25, -0.2) is 0 Å². The van der Waals surface area contributed by atoms with Gasteiger partial charge in [0.05, 0.1) is 12.4 Å². The van der Waals surface area contributed by atoms with Crippen LogP contribution in [0.4, 0.5) is 0 Å². The van der Waals surface area contributed by atoms with Gasteiger partial charge in [-0.1, -0.05) is 148 Å². The minimum atomic E-state index is -0.275. The maximum Gasteiger partial charge on any atom is 0.251 e. The maximum absolute atomic E-state index is 13.3. The van der Waals surface area contributed by atoms with Gasteiger partial charge in [0.2, 0.25) is 0 Å². The van der Waals surface area contributed by atoms with E-state index < -0.39 is 0 Å². The van der Waals surface area contributed by atoms with Gasteiger partial charge < -0.3 is 30.3 Å². The van der Waals surface area contributed by atoms with E-state index in [0.717, 1.165) is 66.8 Å². The molecule has 14 heteroatoms. The second kappa shape index (κ2) is 21.7. The summed E-state index contributed by atoms with van der Waals surface area (Å²) in [6.07, 6.45) is 6.33. The SMILES string of the molecule is CC(C)(C)c1cc2c(O)c(c1)Cc1cc(C(C)(C)C)cc3c1OCc1cn(nn1)CCCNC(=O)c1cccc(c1)C(=O)NCCCn1cc(nn1)COc1c(cc(C(C)(C)C)cc1Cc1cc(C(C)(C)C)cc(c1O)C3)C2. The highest BCUT2D eigenvalue weighted by Gasteiger charge is 2.29. The molecule has 0 atom stereocenters. The lowest BCUT2D eigenvalue weighted by atomic mass is 9.79. The Morgan fingerprint density at radius 3 is 1.08 bits per heavy atom. The van der Waals surface area contributed by atoms with Crippen LogP contribution < -0.4 is 20.1 Å². The molecule has 410 valence electrons. The van der Waals surface area contributed by atoms with Crippen LogP contribution in [0, 0.1) is 0 Å². The zero-order valence-corrected chi connectivity index (χ0v) is 47.8. The summed E-state index contributed by atoms with van der Waals surface area (Å²) >= 11 is 0. The Bertz CT molecular complexity index is 3060.